The second-order valence-corrected chi connectivity index (χ2v) is 11.8. The van der Waals surface area contributed by atoms with Crippen LogP contribution in [0.25, 0.3) is 0 Å². The summed E-state index contributed by atoms with van der Waals surface area (Å²) in [4.78, 5) is 2.02. The Hall–Kier alpha value is -1.20. The van der Waals surface area contributed by atoms with Crippen LogP contribution < -0.4 is 15.2 Å². The van der Waals surface area contributed by atoms with Gasteiger partial charge in [0.15, 0.2) is 9.84 Å². The van der Waals surface area contributed by atoms with Crippen molar-refractivity contribution in [3.8, 4) is 5.75 Å². The molecule has 10 heteroatoms. The third kappa shape index (κ3) is 6.40. The first kappa shape index (κ1) is 25.1. The lowest BCUT2D eigenvalue weighted by Gasteiger charge is -2.41. The number of nitrogens with one attached hydrogen (secondary N) is 1. The molecular weight excluding hydrogens is 426 g/mol. The maximum atomic E-state index is 12.8. The number of nitrogens with two attached hydrogens (primary N) is 1. The van der Waals surface area contributed by atoms with E-state index in [0.29, 0.717) is 13.0 Å². The van der Waals surface area contributed by atoms with Crippen molar-refractivity contribution in [3.05, 3.63) is 23.8 Å². The molecule has 2 rings (SSSR count). The average molecular weight is 462 g/mol. The molecule has 1 fully saturated rings. The van der Waals surface area contributed by atoms with Crippen LogP contribution in [0.5, 0.6) is 5.75 Å². The summed E-state index contributed by atoms with van der Waals surface area (Å²) in [6.45, 7) is 6.33. The third-order valence-corrected chi connectivity index (χ3v) is 8.13. The largest absolute Gasteiger partial charge is 0.495 e. The number of hydrogen-bond acceptors (Lipinski definition) is 7. The summed E-state index contributed by atoms with van der Waals surface area (Å²) >= 11 is 0. The molecular formula is C20H35N3O5S2. The number of nitrogens with zero attached hydrogens (tertiary/aromatic N) is 1. The standard InChI is InChI=1S/C20H35N3O5S2/c1-5-12-23(20(29(4,24)25)17-8-10-22-11-9-17)15(2)13-16-6-7-18(28-3)19(14-16)30(21,26)27/h6-7,14-15,17,20,22H,5,8-13H2,1-4H3,(H2,21,26,27). The van der Waals surface area contributed by atoms with Crippen molar-refractivity contribution in [2.24, 2.45) is 11.1 Å². The van der Waals surface area contributed by atoms with E-state index in [2.05, 4.69) is 10.2 Å². The van der Waals surface area contributed by atoms with Crippen LogP contribution in [-0.2, 0) is 26.3 Å². The lowest BCUT2D eigenvalue weighted by Crippen LogP contribution is -2.52. The second kappa shape index (κ2) is 10.4. The van der Waals surface area contributed by atoms with Gasteiger partial charge in [0.2, 0.25) is 10.0 Å². The SMILES string of the molecule is CCCN(C(C)Cc1ccc(OC)c(S(N)(=O)=O)c1)C(C1CCNCC1)S(C)(=O)=O. The van der Waals surface area contributed by atoms with Gasteiger partial charge in [-0.1, -0.05) is 13.0 Å². The lowest BCUT2D eigenvalue weighted by molar-refractivity contribution is 0.131. The zero-order chi connectivity index (χ0) is 22.5. The number of sulfonamides is 1. The van der Waals surface area contributed by atoms with Gasteiger partial charge in [-0.3, -0.25) is 4.90 Å². The summed E-state index contributed by atoms with van der Waals surface area (Å²) in [5, 5.41) is 8.09. The van der Waals surface area contributed by atoms with Crippen molar-refractivity contribution in [1.82, 2.24) is 10.2 Å². The summed E-state index contributed by atoms with van der Waals surface area (Å²) in [6, 6.07) is 4.82. The van der Waals surface area contributed by atoms with Gasteiger partial charge in [0, 0.05) is 12.3 Å². The molecule has 0 aliphatic carbocycles. The molecule has 2 atom stereocenters. The van der Waals surface area contributed by atoms with E-state index in [-0.39, 0.29) is 22.6 Å². The Morgan fingerprint density at radius 1 is 1.23 bits per heavy atom. The molecule has 1 aromatic carbocycles. The molecule has 0 aromatic heterocycles. The van der Waals surface area contributed by atoms with Gasteiger partial charge in [-0.15, -0.1) is 0 Å². The van der Waals surface area contributed by atoms with E-state index >= 15 is 0 Å². The fraction of sp³-hybridized carbons (Fsp3) is 0.700. The quantitative estimate of drug-likeness (QED) is 0.540. The molecule has 1 heterocycles. The number of hydrogen-bond donors (Lipinski definition) is 2. The van der Waals surface area contributed by atoms with Gasteiger partial charge < -0.3 is 10.1 Å². The summed E-state index contributed by atoms with van der Waals surface area (Å²) in [6.07, 6.45) is 4.29. The highest BCUT2D eigenvalue weighted by Gasteiger charge is 2.38. The highest BCUT2D eigenvalue weighted by Crippen LogP contribution is 2.29. The molecule has 172 valence electrons. The van der Waals surface area contributed by atoms with Crippen molar-refractivity contribution >= 4 is 19.9 Å². The fourth-order valence-electron chi connectivity index (χ4n) is 4.38. The van der Waals surface area contributed by atoms with Gasteiger partial charge in [0.25, 0.3) is 0 Å². The van der Waals surface area contributed by atoms with Gasteiger partial charge in [0.05, 0.1) is 7.11 Å². The Bertz CT molecular complexity index is 912. The molecule has 1 aliphatic heterocycles. The summed E-state index contributed by atoms with van der Waals surface area (Å²) in [5.74, 6) is 0.272. The van der Waals surface area contributed by atoms with Crippen LogP contribution in [0.15, 0.2) is 23.1 Å². The summed E-state index contributed by atoms with van der Waals surface area (Å²) in [5.41, 5.74) is 0.769. The topological polar surface area (TPSA) is 119 Å². The maximum absolute atomic E-state index is 12.8. The van der Waals surface area contributed by atoms with Crippen LogP contribution in [-0.4, -0.2) is 66.2 Å². The zero-order valence-corrected chi connectivity index (χ0v) is 19.9. The number of rotatable bonds is 10. The van der Waals surface area contributed by atoms with Crippen molar-refractivity contribution in [2.45, 2.75) is 55.8 Å². The third-order valence-electron chi connectivity index (χ3n) is 5.67. The van der Waals surface area contributed by atoms with Crippen LogP contribution in [0.1, 0.15) is 38.7 Å². The van der Waals surface area contributed by atoms with E-state index in [1.807, 2.05) is 13.8 Å². The van der Waals surface area contributed by atoms with Crippen LogP contribution in [0.4, 0.5) is 0 Å². The molecule has 2 unspecified atom stereocenters. The van der Waals surface area contributed by atoms with Crippen LogP contribution in [0.2, 0.25) is 0 Å². The number of sulfone groups is 1. The average Bonchev–Trinajstić information content (AvgIpc) is 2.66. The number of benzene rings is 1. The number of ether oxygens (including phenoxy) is 1. The fourth-order valence-corrected chi connectivity index (χ4v) is 6.91. The summed E-state index contributed by atoms with van der Waals surface area (Å²) in [7, 11) is -5.84. The van der Waals surface area contributed by atoms with E-state index in [1.165, 1.54) is 19.4 Å². The first-order chi connectivity index (χ1) is 14.0. The second-order valence-electron chi connectivity index (χ2n) is 8.13. The molecule has 0 saturated carbocycles. The molecule has 1 aliphatic rings. The molecule has 3 N–H and O–H groups in total. The Morgan fingerprint density at radius 3 is 2.37 bits per heavy atom. The van der Waals surface area contributed by atoms with Gasteiger partial charge in [-0.25, -0.2) is 22.0 Å². The van der Waals surface area contributed by atoms with E-state index in [0.717, 1.165) is 37.9 Å². The molecule has 8 nitrogen and oxygen atoms in total. The molecule has 0 spiro atoms. The van der Waals surface area contributed by atoms with E-state index in [1.54, 1.807) is 12.1 Å². The van der Waals surface area contributed by atoms with Crippen LogP contribution in [0, 0.1) is 5.92 Å². The first-order valence-corrected chi connectivity index (χ1v) is 13.8. The molecule has 0 bridgehead atoms. The van der Waals surface area contributed by atoms with Gasteiger partial charge in [-0.2, -0.15) is 0 Å². The zero-order valence-electron chi connectivity index (χ0n) is 18.3. The smallest absolute Gasteiger partial charge is 0.241 e. The Morgan fingerprint density at radius 2 is 1.87 bits per heavy atom. The predicted octanol–water partition coefficient (Wildman–Crippen LogP) is 1.36. The van der Waals surface area contributed by atoms with Gasteiger partial charge >= 0.3 is 0 Å². The highest BCUT2D eigenvalue weighted by molar-refractivity contribution is 7.91. The maximum Gasteiger partial charge on any atom is 0.241 e. The van der Waals surface area contributed by atoms with Crippen molar-refractivity contribution < 1.29 is 21.6 Å². The number of methoxy groups -OCH3 is 1. The Labute approximate surface area is 181 Å². The van der Waals surface area contributed by atoms with Gasteiger partial charge in [0.1, 0.15) is 16.0 Å². The lowest BCUT2D eigenvalue weighted by atomic mass is 9.95. The molecule has 30 heavy (non-hydrogen) atoms. The molecule has 0 radical (unpaired) electrons. The molecule has 1 aromatic rings. The highest BCUT2D eigenvalue weighted by atomic mass is 32.2. The van der Waals surface area contributed by atoms with E-state index in [4.69, 9.17) is 9.88 Å². The van der Waals surface area contributed by atoms with Crippen LogP contribution >= 0.6 is 0 Å². The minimum Gasteiger partial charge on any atom is -0.495 e. The minimum atomic E-state index is -3.93. The molecule has 1 saturated heterocycles. The minimum absolute atomic E-state index is 0.0604. The summed E-state index contributed by atoms with van der Waals surface area (Å²) < 4.78 is 54.6. The Kier molecular flexibility index (Phi) is 8.70. The van der Waals surface area contributed by atoms with E-state index < -0.39 is 25.2 Å². The Balaban J connectivity index is 2.35. The van der Waals surface area contributed by atoms with Crippen molar-refractivity contribution in [1.29, 1.82) is 0 Å². The number of primary sulfonamides is 1. The molecule has 0 amide bonds. The normalized spacial score (nSPS) is 18.3. The monoisotopic (exact) mass is 461 g/mol. The van der Waals surface area contributed by atoms with Gasteiger partial charge in [-0.05, 0) is 75.9 Å². The van der Waals surface area contributed by atoms with E-state index in [9.17, 15) is 16.8 Å². The number of piperidine rings is 1. The first-order valence-electron chi connectivity index (χ1n) is 10.3. The van der Waals surface area contributed by atoms with Crippen molar-refractivity contribution in [3.63, 3.8) is 0 Å². The van der Waals surface area contributed by atoms with Crippen molar-refractivity contribution in [2.75, 3.05) is 33.0 Å². The van der Waals surface area contributed by atoms with Crippen LogP contribution in [0.3, 0.4) is 0 Å². The predicted molar refractivity (Wildman–Crippen MR) is 119 cm³/mol.